The molecule has 0 aliphatic carbocycles. The lowest BCUT2D eigenvalue weighted by Gasteiger charge is -2.35. The van der Waals surface area contributed by atoms with E-state index in [2.05, 4.69) is 117 Å². The van der Waals surface area contributed by atoms with Crippen molar-refractivity contribution in [1.82, 2.24) is 0 Å². The molecule has 45 heavy (non-hydrogen) atoms. The third-order valence-electron chi connectivity index (χ3n) is 9.99. The molecule has 0 N–H and O–H groups in total. The number of benzene rings is 3. The molecule has 1 aromatic heterocycles. The number of fused-ring (bicyclic) bond motifs is 2. The summed E-state index contributed by atoms with van der Waals surface area (Å²) in [5.74, 6) is 0. The summed E-state index contributed by atoms with van der Waals surface area (Å²) in [5, 5.41) is 13.3. The number of nitrogens with zero attached hydrogens (tertiary/aromatic N) is 5. The summed E-state index contributed by atoms with van der Waals surface area (Å²) in [6, 6.07) is 24.0. The smallest absolute Gasteiger partial charge is 0.214 e. The Morgan fingerprint density at radius 1 is 0.578 bits per heavy atom. The van der Waals surface area contributed by atoms with Crippen LogP contribution in [0.25, 0.3) is 21.7 Å². The molecule has 1 heterocycles. The predicted molar refractivity (Wildman–Crippen MR) is 194 cm³/mol. The van der Waals surface area contributed by atoms with Crippen molar-refractivity contribution in [3.63, 3.8) is 0 Å². The van der Waals surface area contributed by atoms with Gasteiger partial charge in [-0.05, 0) is 51.8 Å². The third kappa shape index (κ3) is 9.13. The van der Waals surface area contributed by atoms with E-state index < -0.39 is 0 Å². The number of para-hydroxylation sites is 1. The Hall–Kier alpha value is -3.31. The maximum Gasteiger partial charge on any atom is 0.214 e. The highest BCUT2D eigenvalue weighted by Crippen LogP contribution is 2.36. The molecular formula is C40H59N5+2. The fraction of sp³-hybridized carbons (Fsp3) is 0.525. The van der Waals surface area contributed by atoms with Crippen LogP contribution in [0.3, 0.4) is 0 Å². The molecule has 5 nitrogen and oxygen atoms in total. The van der Waals surface area contributed by atoms with Gasteiger partial charge in [-0.25, -0.2) is 0 Å². The molecule has 3 aromatic carbocycles. The van der Waals surface area contributed by atoms with Gasteiger partial charge in [0.2, 0.25) is 5.52 Å². The fourth-order valence-electron chi connectivity index (χ4n) is 6.82. The Morgan fingerprint density at radius 2 is 1.16 bits per heavy atom. The molecule has 0 radical (unpaired) electrons. The molecule has 0 fully saturated rings. The number of quaternary nitrogens is 1. The van der Waals surface area contributed by atoms with E-state index in [1.54, 1.807) is 0 Å². The van der Waals surface area contributed by atoms with Crippen LogP contribution in [0.4, 0.5) is 17.1 Å². The number of hydrogen-bond donors (Lipinski definition) is 0. The number of aromatic nitrogens is 1. The van der Waals surface area contributed by atoms with Crippen LogP contribution >= 0.6 is 0 Å². The van der Waals surface area contributed by atoms with Crippen molar-refractivity contribution in [1.29, 1.82) is 0 Å². The van der Waals surface area contributed by atoms with Gasteiger partial charge in [0.1, 0.15) is 5.69 Å². The normalized spacial score (nSPS) is 12.1. The average molecular weight is 610 g/mol. The number of pyridine rings is 1. The molecule has 0 spiro atoms. The summed E-state index contributed by atoms with van der Waals surface area (Å²) in [7, 11) is 0. The Labute approximate surface area is 273 Å². The minimum absolute atomic E-state index is 0.921. The predicted octanol–water partition coefficient (Wildman–Crippen LogP) is 10.9. The first kappa shape index (κ1) is 34.6. The summed E-state index contributed by atoms with van der Waals surface area (Å²) < 4.78 is 3.58. The molecule has 0 aliphatic rings. The molecule has 0 bridgehead atoms. The van der Waals surface area contributed by atoms with Crippen LogP contribution in [0.15, 0.2) is 83.2 Å². The van der Waals surface area contributed by atoms with E-state index in [9.17, 15) is 0 Å². The van der Waals surface area contributed by atoms with Gasteiger partial charge in [0.15, 0.2) is 12.7 Å². The van der Waals surface area contributed by atoms with Gasteiger partial charge in [0, 0.05) is 41.7 Å². The number of rotatable bonds is 20. The highest BCUT2D eigenvalue weighted by molar-refractivity contribution is 6.01. The minimum atomic E-state index is 0.921. The molecule has 4 aromatic rings. The number of aryl methyl sites for hydroxylation is 1. The van der Waals surface area contributed by atoms with E-state index in [-0.39, 0.29) is 0 Å². The van der Waals surface area contributed by atoms with Crippen molar-refractivity contribution >= 4 is 38.7 Å². The Kier molecular flexibility index (Phi) is 13.8. The molecule has 0 atom stereocenters. The van der Waals surface area contributed by atoms with Crippen molar-refractivity contribution in [3.05, 3.63) is 72.9 Å². The van der Waals surface area contributed by atoms with Crippen LogP contribution in [-0.2, 0) is 6.54 Å². The van der Waals surface area contributed by atoms with Gasteiger partial charge >= 0.3 is 0 Å². The largest absolute Gasteiger partial charge is 0.371 e. The van der Waals surface area contributed by atoms with Crippen molar-refractivity contribution < 1.29 is 9.05 Å². The van der Waals surface area contributed by atoms with Gasteiger partial charge in [0.25, 0.3) is 0 Å². The van der Waals surface area contributed by atoms with Gasteiger partial charge in [0.05, 0.1) is 43.7 Å². The Balaban J connectivity index is 1.59. The van der Waals surface area contributed by atoms with Gasteiger partial charge in [-0.15, -0.1) is 10.2 Å². The van der Waals surface area contributed by atoms with Crippen LogP contribution in [0, 0.1) is 0 Å². The quantitative estimate of drug-likeness (QED) is 0.0424. The van der Waals surface area contributed by atoms with E-state index in [4.69, 9.17) is 10.2 Å². The lowest BCUT2D eigenvalue weighted by Crippen LogP contribution is -2.49. The van der Waals surface area contributed by atoms with Crippen LogP contribution in [0.5, 0.6) is 0 Å². The first-order chi connectivity index (χ1) is 22.1. The molecule has 242 valence electrons. The second-order valence-electron chi connectivity index (χ2n) is 12.7. The highest BCUT2D eigenvalue weighted by Gasteiger charge is 2.22. The summed E-state index contributed by atoms with van der Waals surface area (Å²) >= 11 is 0. The first-order valence-corrected chi connectivity index (χ1v) is 18.0. The summed E-state index contributed by atoms with van der Waals surface area (Å²) in [5.41, 5.74) is 4.41. The zero-order valence-corrected chi connectivity index (χ0v) is 29.0. The molecule has 0 aliphatic heterocycles. The van der Waals surface area contributed by atoms with Crippen molar-refractivity contribution in [3.8, 4) is 0 Å². The second kappa shape index (κ2) is 18.0. The molecular weight excluding hydrogens is 550 g/mol. The van der Waals surface area contributed by atoms with Crippen LogP contribution < -0.4 is 9.47 Å². The van der Waals surface area contributed by atoms with Crippen molar-refractivity contribution in [2.45, 2.75) is 99.0 Å². The maximum absolute atomic E-state index is 4.88. The standard InChI is InChI=1S/C40H59N5/c1-6-11-13-19-29-43(30-20-14-12-7-2)40-27-26-37(34-22-15-16-23-35(34)40)41-42-38-28-32-44(39-25-18-17-24-36(38)39)31-21-33-45(8-3,9-4)10-5/h15-18,22-28,32H,6-14,19-21,29-31,33H2,1-5H3/q+2. The van der Waals surface area contributed by atoms with E-state index in [0.29, 0.717) is 0 Å². The van der Waals surface area contributed by atoms with Crippen LogP contribution in [0.2, 0.25) is 0 Å². The molecule has 0 saturated carbocycles. The molecule has 4 rings (SSSR count). The number of unbranched alkanes of at least 4 members (excludes halogenated alkanes) is 6. The fourth-order valence-corrected chi connectivity index (χ4v) is 6.82. The number of azo groups is 1. The van der Waals surface area contributed by atoms with Crippen LogP contribution in [0.1, 0.15) is 92.4 Å². The van der Waals surface area contributed by atoms with E-state index in [0.717, 1.165) is 42.8 Å². The second-order valence-corrected chi connectivity index (χ2v) is 12.7. The first-order valence-electron chi connectivity index (χ1n) is 18.0. The Morgan fingerprint density at radius 3 is 1.78 bits per heavy atom. The third-order valence-corrected chi connectivity index (χ3v) is 9.99. The topological polar surface area (TPSA) is 31.8 Å². The zero-order valence-electron chi connectivity index (χ0n) is 29.0. The zero-order chi connectivity index (χ0) is 31.9. The van der Waals surface area contributed by atoms with Crippen LogP contribution in [-0.4, -0.2) is 43.8 Å². The van der Waals surface area contributed by atoms with Gasteiger partial charge in [-0.2, -0.15) is 4.57 Å². The average Bonchev–Trinajstić information content (AvgIpc) is 3.09. The summed E-state index contributed by atoms with van der Waals surface area (Å²) in [4.78, 5) is 2.63. The monoisotopic (exact) mass is 609 g/mol. The minimum Gasteiger partial charge on any atom is -0.371 e. The SMILES string of the molecule is CCCCCCN(CCCCCC)c1ccc(/N=N/c2cc[n+](CCC[N+](CC)(CC)CC)c3ccccc23)c2ccccc12. The molecule has 0 unspecified atom stereocenters. The van der Waals surface area contributed by atoms with E-state index >= 15 is 0 Å². The van der Waals surface area contributed by atoms with E-state index in [1.807, 2.05) is 0 Å². The number of hydrogen-bond acceptors (Lipinski definition) is 3. The summed E-state index contributed by atoms with van der Waals surface area (Å²) in [6.07, 6.45) is 13.6. The number of anilines is 1. The van der Waals surface area contributed by atoms with Gasteiger partial charge in [-0.1, -0.05) is 88.8 Å². The lowest BCUT2D eigenvalue weighted by atomic mass is 10.0. The van der Waals surface area contributed by atoms with Crippen molar-refractivity contribution in [2.24, 2.45) is 10.2 Å². The highest BCUT2D eigenvalue weighted by atomic mass is 15.3. The maximum atomic E-state index is 4.88. The molecule has 0 amide bonds. The summed E-state index contributed by atoms with van der Waals surface area (Å²) in [6.45, 7) is 19.6. The Bertz CT molecular complexity index is 1470. The molecule has 0 saturated heterocycles. The van der Waals surface area contributed by atoms with Gasteiger partial charge in [-0.3, -0.25) is 0 Å². The lowest BCUT2D eigenvalue weighted by molar-refractivity contribution is -0.925. The van der Waals surface area contributed by atoms with Crippen molar-refractivity contribution in [2.75, 3.05) is 44.2 Å². The van der Waals surface area contributed by atoms with E-state index in [1.165, 1.54) is 104 Å². The van der Waals surface area contributed by atoms with Gasteiger partial charge < -0.3 is 9.38 Å². The molecule has 5 heteroatoms.